The Bertz CT molecular complexity index is 795. The maximum atomic E-state index is 12.8. The highest BCUT2D eigenvalue weighted by molar-refractivity contribution is 5.94. The Balaban J connectivity index is 2.10. The standard InChI is InChI=1S/C24H32N2O5/c1-3-18-10-12-20(13-11-18)23(27)25-22(16-31-17-30-4-2)15-21(24(28)26-29)14-19-8-6-5-7-9-19/h5-13,21-22,29H,3-4,14-17H2,1-2H3,(H,25,27)(H,26,28). The van der Waals surface area contributed by atoms with E-state index in [0.717, 1.165) is 17.5 Å². The SMILES string of the molecule is CCOCOCC(CC(Cc1ccccc1)C(=O)NO)NC(=O)c1ccc(CC)cc1. The quantitative estimate of drug-likeness (QED) is 0.197. The number of rotatable bonds is 13. The first kappa shape index (κ1) is 24.5. The molecule has 0 aliphatic carbocycles. The molecule has 3 N–H and O–H groups in total. The third-order valence-electron chi connectivity index (χ3n) is 5.02. The van der Waals surface area contributed by atoms with Gasteiger partial charge in [-0.05, 0) is 49.4 Å². The molecule has 2 rings (SSSR count). The van der Waals surface area contributed by atoms with Crippen LogP contribution in [0.5, 0.6) is 0 Å². The molecule has 0 radical (unpaired) electrons. The molecule has 31 heavy (non-hydrogen) atoms. The summed E-state index contributed by atoms with van der Waals surface area (Å²) in [5.41, 5.74) is 4.40. The molecule has 0 aliphatic heterocycles. The van der Waals surface area contributed by atoms with Gasteiger partial charge in [-0.2, -0.15) is 0 Å². The summed E-state index contributed by atoms with van der Waals surface area (Å²) in [6.07, 6.45) is 1.62. The molecule has 0 saturated heterocycles. The molecule has 0 bridgehead atoms. The average molecular weight is 429 g/mol. The van der Waals surface area contributed by atoms with E-state index in [-0.39, 0.29) is 19.3 Å². The Hall–Kier alpha value is -2.74. The molecule has 7 heteroatoms. The van der Waals surface area contributed by atoms with Crippen molar-refractivity contribution in [3.05, 3.63) is 71.3 Å². The van der Waals surface area contributed by atoms with Crippen molar-refractivity contribution in [3.63, 3.8) is 0 Å². The fourth-order valence-electron chi connectivity index (χ4n) is 3.28. The normalized spacial score (nSPS) is 12.7. The maximum Gasteiger partial charge on any atom is 0.251 e. The van der Waals surface area contributed by atoms with Gasteiger partial charge in [-0.1, -0.05) is 49.4 Å². The molecule has 2 atom stereocenters. The lowest BCUT2D eigenvalue weighted by Gasteiger charge is -2.24. The van der Waals surface area contributed by atoms with Gasteiger partial charge in [-0.3, -0.25) is 14.8 Å². The van der Waals surface area contributed by atoms with Crippen LogP contribution in [0.1, 0.15) is 41.8 Å². The molecular formula is C24H32N2O5. The van der Waals surface area contributed by atoms with Crippen LogP contribution >= 0.6 is 0 Å². The van der Waals surface area contributed by atoms with Crippen LogP contribution in [0, 0.1) is 5.92 Å². The molecule has 0 aliphatic rings. The van der Waals surface area contributed by atoms with Crippen LogP contribution in [0.3, 0.4) is 0 Å². The Morgan fingerprint density at radius 1 is 0.968 bits per heavy atom. The predicted octanol–water partition coefficient (Wildman–Crippen LogP) is 3.11. The van der Waals surface area contributed by atoms with Crippen molar-refractivity contribution in [2.24, 2.45) is 5.92 Å². The highest BCUT2D eigenvalue weighted by Crippen LogP contribution is 2.16. The van der Waals surface area contributed by atoms with Crippen molar-refractivity contribution in [3.8, 4) is 0 Å². The largest absolute Gasteiger partial charge is 0.356 e. The van der Waals surface area contributed by atoms with Gasteiger partial charge in [0.2, 0.25) is 5.91 Å². The highest BCUT2D eigenvalue weighted by atomic mass is 16.7. The zero-order valence-electron chi connectivity index (χ0n) is 18.2. The first-order valence-electron chi connectivity index (χ1n) is 10.6. The van der Waals surface area contributed by atoms with Crippen LogP contribution in [0.2, 0.25) is 0 Å². The molecule has 7 nitrogen and oxygen atoms in total. The summed E-state index contributed by atoms with van der Waals surface area (Å²) in [4.78, 5) is 25.1. The number of benzene rings is 2. The van der Waals surface area contributed by atoms with Gasteiger partial charge >= 0.3 is 0 Å². The van der Waals surface area contributed by atoms with Gasteiger partial charge in [0.15, 0.2) is 0 Å². The fraction of sp³-hybridized carbons (Fsp3) is 0.417. The Kier molecular flexibility index (Phi) is 10.7. The van der Waals surface area contributed by atoms with Crippen LogP contribution < -0.4 is 10.8 Å². The number of hydrogen-bond acceptors (Lipinski definition) is 5. The van der Waals surface area contributed by atoms with Gasteiger partial charge < -0.3 is 14.8 Å². The second kappa shape index (κ2) is 13.5. The summed E-state index contributed by atoms with van der Waals surface area (Å²) in [6.45, 7) is 4.72. The molecule has 0 aromatic heterocycles. The topological polar surface area (TPSA) is 96.9 Å². The lowest BCUT2D eigenvalue weighted by molar-refractivity contribution is -0.134. The van der Waals surface area contributed by atoms with Crippen LogP contribution in [0.15, 0.2) is 54.6 Å². The molecule has 0 saturated carbocycles. The molecule has 2 aromatic rings. The number of nitrogens with one attached hydrogen (secondary N) is 2. The molecule has 0 heterocycles. The molecule has 168 valence electrons. The van der Waals surface area contributed by atoms with Crippen LogP contribution in [-0.2, 0) is 27.1 Å². The van der Waals surface area contributed by atoms with Crippen LogP contribution in [0.25, 0.3) is 0 Å². The van der Waals surface area contributed by atoms with Gasteiger partial charge in [-0.25, -0.2) is 5.48 Å². The highest BCUT2D eigenvalue weighted by Gasteiger charge is 2.25. The van der Waals surface area contributed by atoms with E-state index in [0.29, 0.717) is 25.0 Å². The average Bonchev–Trinajstić information content (AvgIpc) is 2.81. The summed E-state index contributed by atoms with van der Waals surface area (Å²) in [6, 6.07) is 16.5. The van der Waals surface area contributed by atoms with Crippen molar-refractivity contribution in [1.29, 1.82) is 0 Å². The van der Waals surface area contributed by atoms with E-state index in [2.05, 4.69) is 12.2 Å². The van der Waals surface area contributed by atoms with Gasteiger partial charge in [0.25, 0.3) is 5.91 Å². The Morgan fingerprint density at radius 3 is 2.29 bits per heavy atom. The number of amides is 2. The van der Waals surface area contributed by atoms with Crippen molar-refractivity contribution >= 4 is 11.8 Å². The predicted molar refractivity (Wildman–Crippen MR) is 118 cm³/mol. The summed E-state index contributed by atoms with van der Waals surface area (Å²) >= 11 is 0. The van der Waals surface area contributed by atoms with Gasteiger partial charge in [0.05, 0.1) is 12.6 Å². The summed E-state index contributed by atoms with van der Waals surface area (Å²) in [5, 5.41) is 12.2. The van der Waals surface area contributed by atoms with Crippen molar-refractivity contribution < 1.29 is 24.3 Å². The van der Waals surface area contributed by atoms with E-state index in [1.54, 1.807) is 17.6 Å². The minimum atomic E-state index is -0.545. The van der Waals surface area contributed by atoms with Gasteiger partial charge in [0, 0.05) is 18.1 Å². The van der Waals surface area contributed by atoms with Crippen molar-refractivity contribution in [2.75, 3.05) is 20.0 Å². The number of hydroxylamine groups is 1. The molecule has 2 amide bonds. The third kappa shape index (κ3) is 8.49. The minimum absolute atomic E-state index is 0.101. The second-order valence-corrected chi connectivity index (χ2v) is 7.30. The fourth-order valence-corrected chi connectivity index (χ4v) is 3.28. The number of carbonyl (C=O) groups excluding carboxylic acids is 2. The molecule has 2 aromatic carbocycles. The zero-order valence-corrected chi connectivity index (χ0v) is 18.2. The van der Waals surface area contributed by atoms with E-state index in [4.69, 9.17) is 9.47 Å². The molecular weight excluding hydrogens is 396 g/mol. The zero-order chi connectivity index (χ0) is 22.5. The maximum absolute atomic E-state index is 12.8. The summed E-state index contributed by atoms with van der Waals surface area (Å²) < 4.78 is 10.8. The summed E-state index contributed by atoms with van der Waals surface area (Å²) in [7, 11) is 0. The smallest absolute Gasteiger partial charge is 0.251 e. The van der Waals surface area contributed by atoms with E-state index in [1.807, 2.05) is 49.4 Å². The van der Waals surface area contributed by atoms with Crippen molar-refractivity contribution in [1.82, 2.24) is 10.8 Å². The molecule has 0 spiro atoms. The lowest BCUT2D eigenvalue weighted by atomic mass is 9.92. The Morgan fingerprint density at radius 2 is 1.68 bits per heavy atom. The Labute approximate surface area is 183 Å². The molecule has 0 fully saturated rings. The van der Waals surface area contributed by atoms with E-state index in [1.165, 1.54) is 0 Å². The van der Waals surface area contributed by atoms with E-state index < -0.39 is 17.9 Å². The second-order valence-electron chi connectivity index (χ2n) is 7.30. The molecule has 2 unspecified atom stereocenters. The summed E-state index contributed by atoms with van der Waals surface area (Å²) in [5.74, 6) is -1.29. The third-order valence-corrected chi connectivity index (χ3v) is 5.02. The lowest BCUT2D eigenvalue weighted by Crippen LogP contribution is -2.42. The van der Waals surface area contributed by atoms with Crippen molar-refractivity contribution in [2.45, 2.75) is 39.2 Å². The van der Waals surface area contributed by atoms with Gasteiger partial charge in [0.1, 0.15) is 6.79 Å². The van der Waals surface area contributed by atoms with Crippen LogP contribution in [0.4, 0.5) is 0 Å². The van der Waals surface area contributed by atoms with Gasteiger partial charge in [-0.15, -0.1) is 0 Å². The minimum Gasteiger partial charge on any atom is -0.356 e. The van der Waals surface area contributed by atoms with Crippen LogP contribution in [-0.4, -0.2) is 43.1 Å². The monoisotopic (exact) mass is 428 g/mol. The number of aryl methyl sites for hydroxylation is 1. The first-order valence-corrected chi connectivity index (χ1v) is 10.6. The van der Waals surface area contributed by atoms with E-state index >= 15 is 0 Å². The number of hydrogen-bond donors (Lipinski definition) is 3. The number of carbonyl (C=O) groups is 2. The first-order chi connectivity index (χ1) is 15.1. The van der Waals surface area contributed by atoms with E-state index in [9.17, 15) is 14.8 Å². The number of ether oxygens (including phenoxy) is 2.